The number of fused-ring (bicyclic) bond motifs is 1. The first-order valence-electron chi connectivity index (χ1n) is 5.85. The van der Waals surface area contributed by atoms with Gasteiger partial charge >= 0.3 is 0 Å². The van der Waals surface area contributed by atoms with Crippen LogP contribution in [0.15, 0.2) is 53.2 Å². The first-order chi connectivity index (χ1) is 9.31. The second-order valence-corrected chi connectivity index (χ2v) is 4.04. The van der Waals surface area contributed by atoms with Crippen LogP contribution in [0.25, 0.3) is 11.1 Å². The summed E-state index contributed by atoms with van der Waals surface area (Å²) < 4.78 is 5.49. The fraction of sp³-hybridized carbons (Fsp3) is 0.0714. The molecular weight excluding hydrogens is 242 g/mol. The first-order valence-corrected chi connectivity index (χ1v) is 5.85. The largest absolute Gasteiger partial charge is 0.440 e. The van der Waals surface area contributed by atoms with Gasteiger partial charge in [-0.05, 0) is 24.3 Å². The Labute approximate surface area is 109 Å². The van der Waals surface area contributed by atoms with E-state index in [-0.39, 0.29) is 12.3 Å². The summed E-state index contributed by atoms with van der Waals surface area (Å²) in [4.78, 5) is 20.0. The minimum Gasteiger partial charge on any atom is -0.440 e. The molecule has 94 valence electrons. The molecule has 0 aliphatic carbocycles. The SMILES string of the molecule is O=C(Cc1nc2ccccc2o1)Nc1cccnc1. The van der Waals surface area contributed by atoms with Gasteiger partial charge in [0.05, 0.1) is 11.9 Å². The van der Waals surface area contributed by atoms with E-state index in [4.69, 9.17) is 4.42 Å². The molecule has 0 fully saturated rings. The van der Waals surface area contributed by atoms with Crippen LogP contribution in [-0.4, -0.2) is 15.9 Å². The number of hydrogen-bond donors (Lipinski definition) is 1. The third-order valence-corrected chi connectivity index (χ3v) is 2.60. The number of pyridine rings is 1. The Balaban J connectivity index is 1.72. The number of benzene rings is 1. The van der Waals surface area contributed by atoms with E-state index >= 15 is 0 Å². The third kappa shape index (κ3) is 2.60. The number of aromatic nitrogens is 2. The molecule has 2 heterocycles. The van der Waals surface area contributed by atoms with Gasteiger partial charge in [-0.15, -0.1) is 0 Å². The quantitative estimate of drug-likeness (QED) is 0.778. The maximum absolute atomic E-state index is 11.8. The van der Waals surface area contributed by atoms with Crippen molar-refractivity contribution in [1.29, 1.82) is 0 Å². The Bertz CT molecular complexity index is 674. The van der Waals surface area contributed by atoms with Gasteiger partial charge < -0.3 is 9.73 Å². The van der Waals surface area contributed by atoms with Crippen LogP contribution < -0.4 is 5.32 Å². The highest BCUT2D eigenvalue weighted by molar-refractivity contribution is 5.91. The van der Waals surface area contributed by atoms with Crippen molar-refractivity contribution in [3.8, 4) is 0 Å². The van der Waals surface area contributed by atoms with Gasteiger partial charge in [-0.1, -0.05) is 12.1 Å². The van der Waals surface area contributed by atoms with Crippen LogP contribution in [0, 0.1) is 0 Å². The van der Waals surface area contributed by atoms with E-state index < -0.39 is 0 Å². The zero-order valence-electron chi connectivity index (χ0n) is 10.0. The molecule has 0 aliphatic heterocycles. The number of carbonyl (C=O) groups is 1. The fourth-order valence-electron chi connectivity index (χ4n) is 1.77. The van der Waals surface area contributed by atoms with E-state index in [0.29, 0.717) is 17.2 Å². The normalized spacial score (nSPS) is 10.5. The molecule has 0 aliphatic rings. The van der Waals surface area contributed by atoms with Gasteiger partial charge in [0.2, 0.25) is 11.8 Å². The highest BCUT2D eigenvalue weighted by Gasteiger charge is 2.10. The molecule has 5 nitrogen and oxygen atoms in total. The molecule has 0 saturated carbocycles. The lowest BCUT2D eigenvalue weighted by molar-refractivity contribution is -0.115. The highest BCUT2D eigenvalue weighted by atomic mass is 16.3. The minimum absolute atomic E-state index is 0.101. The molecule has 0 spiro atoms. The van der Waals surface area contributed by atoms with Crippen LogP contribution in [0.5, 0.6) is 0 Å². The van der Waals surface area contributed by atoms with Crippen molar-refractivity contribution in [1.82, 2.24) is 9.97 Å². The minimum atomic E-state index is -0.181. The molecule has 0 bridgehead atoms. The van der Waals surface area contributed by atoms with E-state index in [0.717, 1.165) is 5.52 Å². The Kier molecular flexibility index (Phi) is 2.94. The maximum atomic E-state index is 11.8. The summed E-state index contributed by atoms with van der Waals surface area (Å²) in [5.41, 5.74) is 2.10. The Hall–Kier alpha value is -2.69. The van der Waals surface area contributed by atoms with Crippen molar-refractivity contribution in [3.63, 3.8) is 0 Å². The van der Waals surface area contributed by atoms with Gasteiger partial charge in [-0.25, -0.2) is 4.98 Å². The molecule has 0 radical (unpaired) electrons. The molecular formula is C14H11N3O2. The zero-order valence-corrected chi connectivity index (χ0v) is 10.0. The standard InChI is InChI=1S/C14H11N3O2/c18-13(16-10-4-3-7-15-9-10)8-14-17-11-5-1-2-6-12(11)19-14/h1-7,9H,8H2,(H,16,18). The van der Waals surface area contributed by atoms with Gasteiger partial charge in [-0.3, -0.25) is 9.78 Å². The van der Waals surface area contributed by atoms with Crippen molar-refractivity contribution in [2.45, 2.75) is 6.42 Å². The monoisotopic (exact) mass is 253 g/mol. The average Bonchev–Trinajstić information content (AvgIpc) is 2.81. The van der Waals surface area contributed by atoms with Crippen LogP contribution >= 0.6 is 0 Å². The molecule has 19 heavy (non-hydrogen) atoms. The molecule has 1 amide bonds. The maximum Gasteiger partial charge on any atom is 0.233 e. The highest BCUT2D eigenvalue weighted by Crippen LogP contribution is 2.15. The van der Waals surface area contributed by atoms with Crippen molar-refractivity contribution >= 4 is 22.7 Å². The Morgan fingerprint density at radius 2 is 2.11 bits per heavy atom. The molecule has 0 atom stereocenters. The number of rotatable bonds is 3. The van der Waals surface area contributed by atoms with Crippen molar-refractivity contribution < 1.29 is 9.21 Å². The van der Waals surface area contributed by atoms with Gasteiger partial charge in [0.25, 0.3) is 0 Å². The molecule has 0 saturated heterocycles. The molecule has 1 N–H and O–H groups in total. The van der Waals surface area contributed by atoms with Gasteiger partial charge in [0.15, 0.2) is 5.58 Å². The van der Waals surface area contributed by atoms with Crippen LogP contribution in [0.2, 0.25) is 0 Å². The number of amides is 1. The van der Waals surface area contributed by atoms with E-state index in [9.17, 15) is 4.79 Å². The number of anilines is 1. The summed E-state index contributed by atoms with van der Waals surface area (Å²) in [6, 6.07) is 11.0. The predicted molar refractivity (Wildman–Crippen MR) is 70.6 cm³/mol. The summed E-state index contributed by atoms with van der Waals surface area (Å²) in [6.45, 7) is 0. The van der Waals surface area contributed by atoms with Gasteiger partial charge in [-0.2, -0.15) is 0 Å². The molecule has 2 aromatic heterocycles. The number of oxazole rings is 1. The van der Waals surface area contributed by atoms with Crippen molar-refractivity contribution in [3.05, 3.63) is 54.7 Å². The summed E-state index contributed by atoms with van der Waals surface area (Å²) in [7, 11) is 0. The second kappa shape index (κ2) is 4.89. The van der Waals surface area contributed by atoms with Crippen LogP contribution in [-0.2, 0) is 11.2 Å². The topological polar surface area (TPSA) is 68.0 Å². The van der Waals surface area contributed by atoms with Crippen LogP contribution in [0.4, 0.5) is 5.69 Å². The van der Waals surface area contributed by atoms with Gasteiger partial charge in [0.1, 0.15) is 11.9 Å². The smallest absolute Gasteiger partial charge is 0.233 e. The zero-order chi connectivity index (χ0) is 13.1. The van der Waals surface area contributed by atoms with E-state index in [1.165, 1.54) is 0 Å². The van der Waals surface area contributed by atoms with Crippen molar-refractivity contribution in [2.24, 2.45) is 0 Å². The summed E-state index contributed by atoms with van der Waals surface area (Å²) in [5.74, 6) is 0.224. The summed E-state index contributed by atoms with van der Waals surface area (Å²) in [5, 5.41) is 2.73. The molecule has 1 aromatic carbocycles. The average molecular weight is 253 g/mol. The first kappa shape index (κ1) is 11.4. The van der Waals surface area contributed by atoms with E-state index in [1.54, 1.807) is 24.5 Å². The molecule has 0 unspecified atom stereocenters. The molecule has 3 rings (SSSR count). The predicted octanol–water partition coefficient (Wildman–Crippen LogP) is 2.40. The lowest BCUT2D eigenvalue weighted by atomic mass is 10.3. The number of carbonyl (C=O) groups excluding carboxylic acids is 1. The van der Waals surface area contributed by atoms with E-state index in [2.05, 4.69) is 15.3 Å². The summed E-state index contributed by atoms with van der Waals surface area (Å²) >= 11 is 0. The lowest BCUT2D eigenvalue weighted by Gasteiger charge is -2.01. The fourth-order valence-corrected chi connectivity index (χ4v) is 1.77. The molecule has 3 aromatic rings. The number of hydrogen-bond acceptors (Lipinski definition) is 4. The Morgan fingerprint density at radius 1 is 1.21 bits per heavy atom. The van der Waals surface area contributed by atoms with Gasteiger partial charge in [0, 0.05) is 6.20 Å². The van der Waals surface area contributed by atoms with Crippen molar-refractivity contribution in [2.75, 3.05) is 5.32 Å². The summed E-state index contributed by atoms with van der Waals surface area (Å²) in [6.07, 6.45) is 3.34. The molecule has 5 heteroatoms. The van der Waals surface area contributed by atoms with Crippen LogP contribution in [0.3, 0.4) is 0 Å². The number of nitrogens with zero attached hydrogens (tertiary/aromatic N) is 2. The Morgan fingerprint density at radius 3 is 2.89 bits per heavy atom. The lowest BCUT2D eigenvalue weighted by Crippen LogP contribution is -2.14. The second-order valence-electron chi connectivity index (χ2n) is 4.04. The van der Waals surface area contributed by atoms with Crippen LogP contribution in [0.1, 0.15) is 5.89 Å². The third-order valence-electron chi connectivity index (χ3n) is 2.60. The van der Waals surface area contributed by atoms with E-state index in [1.807, 2.05) is 24.3 Å². The number of para-hydroxylation sites is 2. The number of nitrogens with one attached hydrogen (secondary N) is 1.